The first kappa shape index (κ1) is 11.2. The van der Waals surface area contributed by atoms with Gasteiger partial charge in [-0.2, -0.15) is 5.10 Å². The van der Waals surface area contributed by atoms with Crippen LogP contribution >= 0.6 is 11.3 Å². The molecule has 4 nitrogen and oxygen atoms in total. The number of anilines is 1. The molecule has 92 valence electrons. The monoisotopic (exact) mass is 258 g/mol. The van der Waals surface area contributed by atoms with Gasteiger partial charge in [0.2, 0.25) is 0 Å². The van der Waals surface area contributed by atoms with Gasteiger partial charge in [-0.1, -0.05) is 23.5 Å². The normalized spacial score (nSPS) is 11.0. The van der Waals surface area contributed by atoms with Crippen molar-refractivity contribution >= 4 is 26.7 Å². The van der Waals surface area contributed by atoms with E-state index < -0.39 is 0 Å². The average molecular weight is 258 g/mol. The molecule has 0 aliphatic rings. The molecule has 0 spiro atoms. The molecule has 0 radical (unpaired) electrons. The zero-order chi connectivity index (χ0) is 12.5. The van der Waals surface area contributed by atoms with Gasteiger partial charge in [0, 0.05) is 20.3 Å². The van der Waals surface area contributed by atoms with Crippen molar-refractivity contribution in [3.8, 4) is 0 Å². The number of para-hydroxylation sites is 1. The topological polar surface area (TPSA) is 34.0 Å². The molecule has 0 aliphatic carbocycles. The summed E-state index contributed by atoms with van der Waals surface area (Å²) in [5.41, 5.74) is 2.24. The minimum atomic E-state index is 0.816. The van der Waals surface area contributed by atoms with E-state index >= 15 is 0 Å². The Morgan fingerprint density at radius 3 is 2.83 bits per heavy atom. The first-order valence-electron chi connectivity index (χ1n) is 5.77. The standard InChI is InChI=1S/C13H14N4S/c1-16(9-10-7-8-14-17(10)2)13-15-11-5-3-4-6-12(11)18-13/h3-8H,9H2,1-2H3. The zero-order valence-electron chi connectivity index (χ0n) is 10.4. The molecule has 3 rings (SSSR count). The van der Waals surface area contributed by atoms with E-state index in [1.807, 2.05) is 42.2 Å². The molecule has 0 N–H and O–H groups in total. The van der Waals surface area contributed by atoms with Crippen LogP contribution in [0.1, 0.15) is 5.69 Å². The molecular formula is C13H14N4S. The Kier molecular flexibility index (Phi) is 2.76. The second-order valence-corrected chi connectivity index (χ2v) is 5.28. The van der Waals surface area contributed by atoms with Crippen molar-refractivity contribution in [2.45, 2.75) is 6.54 Å². The van der Waals surface area contributed by atoms with Crippen molar-refractivity contribution in [2.24, 2.45) is 7.05 Å². The first-order chi connectivity index (χ1) is 8.74. The summed E-state index contributed by atoms with van der Waals surface area (Å²) in [5.74, 6) is 0. The number of rotatable bonds is 3. The van der Waals surface area contributed by atoms with Gasteiger partial charge in [-0.3, -0.25) is 4.68 Å². The molecule has 0 unspecified atom stereocenters. The molecule has 0 atom stereocenters. The van der Waals surface area contributed by atoms with E-state index in [0.29, 0.717) is 0 Å². The molecule has 2 aromatic heterocycles. The maximum atomic E-state index is 4.64. The van der Waals surface area contributed by atoms with Crippen LogP contribution in [0.4, 0.5) is 5.13 Å². The summed E-state index contributed by atoms with van der Waals surface area (Å²) < 4.78 is 3.12. The lowest BCUT2D eigenvalue weighted by molar-refractivity contribution is 0.699. The summed E-state index contributed by atoms with van der Waals surface area (Å²) in [6.07, 6.45) is 1.82. The third-order valence-corrected chi connectivity index (χ3v) is 4.08. The number of benzene rings is 1. The van der Waals surface area contributed by atoms with Gasteiger partial charge in [-0.25, -0.2) is 4.98 Å². The predicted molar refractivity (Wildman–Crippen MR) is 74.9 cm³/mol. The van der Waals surface area contributed by atoms with E-state index in [9.17, 15) is 0 Å². The summed E-state index contributed by atoms with van der Waals surface area (Å²) >= 11 is 1.72. The molecule has 0 bridgehead atoms. The molecular weight excluding hydrogens is 244 g/mol. The highest BCUT2D eigenvalue weighted by atomic mass is 32.1. The number of thiazole rings is 1. The summed E-state index contributed by atoms with van der Waals surface area (Å²) in [5, 5.41) is 5.22. The SMILES string of the molecule is CN(Cc1ccnn1C)c1nc2ccccc2s1. The first-order valence-corrected chi connectivity index (χ1v) is 6.59. The van der Waals surface area contributed by atoms with Crippen LogP contribution in [-0.4, -0.2) is 21.8 Å². The molecule has 5 heteroatoms. The van der Waals surface area contributed by atoms with Gasteiger partial charge in [0.05, 0.1) is 22.5 Å². The molecule has 0 aliphatic heterocycles. The smallest absolute Gasteiger partial charge is 0.186 e. The van der Waals surface area contributed by atoms with Crippen molar-refractivity contribution < 1.29 is 0 Å². The van der Waals surface area contributed by atoms with Crippen molar-refractivity contribution in [1.82, 2.24) is 14.8 Å². The molecule has 0 amide bonds. The van der Waals surface area contributed by atoms with E-state index in [2.05, 4.69) is 28.1 Å². The van der Waals surface area contributed by atoms with Crippen molar-refractivity contribution in [1.29, 1.82) is 0 Å². The van der Waals surface area contributed by atoms with Crippen LogP contribution in [0.3, 0.4) is 0 Å². The van der Waals surface area contributed by atoms with E-state index in [0.717, 1.165) is 17.2 Å². The number of hydrogen-bond acceptors (Lipinski definition) is 4. The fraction of sp³-hybridized carbons (Fsp3) is 0.231. The van der Waals surface area contributed by atoms with Crippen LogP contribution in [0.5, 0.6) is 0 Å². The maximum absolute atomic E-state index is 4.64. The maximum Gasteiger partial charge on any atom is 0.186 e. The number of nitrogens with zero attached hydrogens (tertiary/aromatic N) is 4. The average Bonchev–Trinajstić information content (AvgIpc) is 2.96. The van der Waals surface area contributed by atoms with Gasteiger partial charge in [0.1, 0.15) is 0 Å². The molecule has 3 aromatic rings. The molecule has 0 saturated heterocycles. The van der Waals surface area contributed by atoms with Crippen LogP contribution in [-0.2, 0) is 13.6 Å². The number of fused-ring (bicyclic) bond motifs is 1. The summed E-state index contributed by atoms with van der Waals surface area (Å²) in [7, 11) is 4.02. The van der Waals surface area contributed by atoms with Crippen molar-refractivity contribution in [3.63, 3.8) is 0 Å². The molecule has 1 aromatic carbocycles. The third-order valence-electron chi connectivity index (χ3n) is 2.93. The van der Waals surface area contributed by atoms with Crippen LogP contribution in [0.15, 0.2) is 36.5 Å². The Labute approximate surface area is 109 Å². The highest BCUT2D eigenvalue weighted by molar-refractivity contribution is 7.22. The number of aromatic nitrogens is 3. The minimum Gasteiger partial charge on any atom is -0.345 e. The third kappa shape index (κ3) is 1.97. The molecule has 2 heterocycles. The van der Waals surface area contributed by atoms with Gasteiger partial charge in [-0.15, -0.1) is 0 Å². The van der Waals surface area contributed by atoms with Crippen LogP contribution in [0.2, 0.25) is 0 Å². The fourth-order valence-electron chi connectivity index (χ4n) is 1.89. The van der Waals surface area contributed by atoms with Crippen molar-refractivity contribution in [2.75, 3.05) is 11.9 Å². The summed E-state index contributed by atoms with van der Waals surface area (Å²) in [4.78, 5) is 6.79. The highest BCUT2D eigenvalue weighted by Gasteiger charge is 2.09. The van der Waals surface area contributed by atoms with Gasteiger partial charge >= 0.3 is 0 Å². The second kappa shape index (κ2) is 4.42. The Morgan fingerprint density at radius 1 is 1.28 bits per heavy atom. The minimum absolute atomic E-state index is 0.816. The van der Waals surface area contributed by atoms with Crippen molar-refractivity contribution in [3.05, 3.63) is 42.2 Å². The number of hydrogen-bond donors (Lipinski definition) is 0. The van der Waals surface area contributed by atoms with E-state index in [4.69, 9.17) is 0 Å². The Morgan fingerprint density at radius 2 is 2.11 bits per heavy atom. The lowest BCUT2D eigenvalue weighted by Crippen LogP contribution is -2.18. The van der Waals surface area contributed by atoms with Crippen LogP contribution in [0.25, 0.3) is 10.2 Å². The molecule has 18 heavy (non-hydrogen) atoms. The zero-order valence-corrected chi connectivity index (χ0v) is 11.2. The summed E-state index contributed by atoms with van der Waals surface area (Å²) in [6.45, 7) is 0.816. The van der Waals surface area contributed by atoms with Gasteiger partial charge in [-0.05, 0) is 18.2 Å². The molecule has 0 fully saturated rings. The predicted octanol–water partition coefficient (Wildman–Crippen LogP) is 2.67. The Balaban J connectivity index is 1.88. The highest BCUT2D eigenvalue weighted by Crippen LogP contribution is 2.28. The largest absolute Gasteiger partial charge is 0.345 e. The lowest BCUT2D eigenvalue weighted by Gasteiger charge is -2.15. The quantitative estimate of drug-likeness (QED) is 0.724. The Hall–Kier alpha value is -1.88. The lowest BCUT2D eigenvalue weighted by atomic mass is 10.3. The van der Waals surface area contributed by atoms with Gasteiger partial charge in [0.15, 0.2) is 5.13 Å². The second-order valence-electron chi connectivity index (χ2n) is 4.27. The number of aryl methyl sites for hydroxylation is 1. The van der Waals surface area contributed by atoms with E-state index in [-0.39, 0.29) is 0 Å². The Bertz CT molecular complexity index is 637. The van der Waals surface area contributed by atoms with E-state index in [1.165, 1.54) is 10.4 Å². The van der Waals surface area contributed by atoms with E-state index in [1.54, 1.807) is 11.3 Å². The summed E-state index contributed by atoms with van der Waals surface area (Å²) in [6, 6.07) is 10.3. The van der Waals surface area contributed by atoms with Crippen LogP contribution < -0.4 is 4.90 Å². The van der Waals surface area contributed by atoms with Gasteiger partial charge in [0.25, 0.3) is 0 Å². The fourth-order valence-corrected chi connectivity index (χ4v) is 2.82. The molecule has 0 saturated carbocycles. The van der Waals surface area contributed by atoms with Gasteiger partial charge < -0.3 is 4.90 Å². The van der Waals surface area contributed by atoms with Crippen LogP contribution in [0, 0.1) is 0 Å².